The number of aromatic nitrogens is 2. The molecule has 6 heteroatoms. The van der Waals surface area contributed by atoms with Crippen LogP contribution >= 0.6 is 22.9 Å². The number of hydrogen-bond acceptors (Lipinski definition) is 3. The number of carbonyl (C=O) groups excluding carboxylic acids is 1. The molecule has 2 heterocycles. The van der Waals surface area contributed by atoms with Crippen LogP contribution in [0.1, 0.15) is 47.4 Å². The summed E-state index contributed by atoms with van der Waals surface area (Å²) in [6.45, 7) is 6.42. The fraction of sp³-hybridized carbons (Fsp3) is 0.375. The van der Waals surface area contributed by atoms with Crippen LogP contribution in [0.25, 0.3) is 0 Å². The van der Waals surface area contributed by atoms with Crippen LogP contribution in [-0.4, -0.2) is 22.7 Å². The van der Waals surface area contributed by atoms with Gasteiger partial charge in [0.05, 0.1) is 5.56 Å². The summed E-state index contributed by atoms with van der Waals surface area (Å²) < 4.78 is 2.19. The Morgan fingerprint density at radius 1 is 1.36 bits per heavy atom. The Kier molecular flexibility index (Phi) is 4.64. The van der Waals surface area contributed by atoms with Crippen LogP contribution in [0.4, 0.5) is 0 Å². The zero-order chi connectivity index (χ0) is 16.5. The Morgan fingerprint density at radius 3 is 2.59 bits per heavy atom. The van der Waals surface area contributed by atoms with Crippen molar-refractivity contribution in [2.75, 3.05) is 7.05 Å². The number of rotatable bonds is 1. The van der Waals surface area contributed by atoms with Gasteiger partial charge in [0.15, 0.2) is 0 Å². The highest BCUT2D eigenvalue weighted by molar-refractivity contribution is 7.16. The Labute approximate surface area is 139 Å². The molecule has 0 spiro atoms. The summed E-state index contributed by atoms with van der Waals surface area (Å²) in [5, 5.41) is 6.79. The van der Waals surface area contributed by atoms with Crippen molar-refractivity contribution >= 4 is 28.8 Å². The molecular formula is C16H18ClN3OS. The number of halogens is 1. The number of thiophene rings is 1. The lowest BCUT2D eigenvalue weighted by Crippen LogP contribution is -2.20. The molecule has 22 heavy (non-hydrogen) atoms. The number of aryl methyl sites for hydroxylation is 1. The normalized spacial score (nSPS) is 11.0. The topological polar surface area (TPSA) is 46.9 Å². The van der Waals surface area contributed by atoms with Gasteiger partial charge in [0.1, 0.15) is 15.7 Å². The number of carbonyl (C=O) groups is 1. The van der Waals surface area contributed by atoms with Gasteiger partial charge in [-0.2, -0.15) is 5.10 Å². The Balaban J connectivity index is 2.32. The standard InChI is InChI=1S/C16H18ClN3OS/c1-16(2,3)13-8-10(14(17)22-13)6-7-11-9-12(15(21)18-4)20(5)19-11/h8-9H,1-5H3,(H,18,21). The van der Waals surface area contributed by atoms with E-state index in [2.05, 4.69) is 43.0 Å². The Morgan fingerprint density at radius 2 is 2.05 bits per heavy atom. The molecule has 0 bridgehead atoms. The molecule has 0 aliphatic heterocycles. The fourth-order valence-electron chi connectivity index (χ4n) is 1.82. The van der Waals surface area contributed by atoms with Gasteiger partial charge in [-0.25, -0.2) is 0 Å². The van der Waals surface area contributed by atoms with Crippen molar-refractivity contribution in [3.63, 3.8) is 0 Å². The van der Waals surface area contributed by atoms with Gasteiger partial charge in [-0.05, 0) is 17.4 Å². The minimum Gasteiger partial charge on any atom is -0.354 e. The second kappa shape index (κ2) is 6.15. The average Bonchev–Trinajstić information content (AvgIpc) is 2.98. The molecule has 0 radical (unpaired) electrons. The van der Waals surface area contributed by atoms with Crippen molar-refractivity contribution in [1.82, 2.24) is 15.1 Å². The SMILES string of the molecule is CNC(=O)c1cc(C#Cc2cc(C(C)(C)C)sc2Cl)nn1C. The molecule has 116 valence electrons. The lowest BCUT2D eigenvalue weighted by molar-refractivity contribution is 0.0954. The number of nitrogens with zero attached hydrogens (tertiary/aromatic N) is 2. The molecule has 0 saturated heterocycles. The summed E-state index contributed by atoms with van der Waals surface area (Å²) in [4.78, 5) is 12.8. The molecule has 1 N–H and O–H groups in total. The monoisotopic (exact) mass is 335 g/mol. The van der Waals surface area contributed by atoms with Crippen molar-refractivity contribution in [2.24, 2.45) is 7.05 Å². The quantitative estimate of drug-likeness (QED) is 0.813. The van der Waals surface area contributed by atoms with Gasteiger partial charge in [0.2, 0.25) is 0 Å². The van der Waals surface area contributed by atoms with Gasteiger partial charge >= 0.3 is 0 Å². The molecular weight excluding hydrogens is 318 g/mol. The van der Waals surface area contributed by atoms with Gasteiger partial charge in [-0.3, -0.25) is 9.48 Å². The van der Waals surface area contributed by atoms with E-state index in [4.69, 9.17) is 11.6 Å². The molecule has 0 aliphatic carbocycles. The van der Waals surface area contributed by atoms with E-state index in [1.165, 1.54) is 9.56 Å². The lowest BCUT2D eigenvalue weighted by Gasteiger charge is -2.14. The van der Waals surface area contributed by atoms with Crippen LogP contribution in [0.5, 0.6) is 0 Å². The Bertz CT molecular complexity index is 772. The molecule has 2 rings (SSSR count). The van der Waals surface area contributed by atoms with E-state index in [0.717, 1.165) is 5.56 Å². The molecule has 0 saturated carbocycles. The number of amides is 1. The third kappa shape index (κ3) is 3.52. The smallest absolute Gasteiger partial charge is 0.269 e. The van der Waals surface area contributed by atoms with Gasteiger partial charge in [-0.15, -0.1) is 11.3 Å². The van der Waals surface area contributed by atoms with E-state index in [0.29, 0.717) is 15.7 Å². The van der Waals surface area contributed by atoms with Crippen molar-refractivity contribution < 1.29 is 4.79 Å². The Hall–Kier alpha value is -1.77. The summed E-state index contributed by atoms with van der Waals surface area (Å²) in [6, 6.07) is 3.68. The molecule has 0 unspecified atom stereocenters. The summed E-state index contributed by atoms with van der Waals surface area (Å²) in [5.41, 5.74) is 1.86. The van der Waals surface area contributed by atoms with Crippen LogP contribution < -0.4 is 5.32 Å². The molecule has 0 fully saturated rings. The first-order chi connectivity index (χ1) is 10.2. The predicted octanol–water partition coefficient (Wildman–Crippen LogP) is 3.19. The van der Waals surface area contributed by atoms with Crippen LogP contribution in [0.3, 0.4) is 0 Å². The number of hydrogen-bond donors (Lipinski definition) is 1. The van der Waals surface area contributed by atoms with E-state index < -0.39 is 0 Å². The molecule has 0 atom stereocenters. The molecule has 0 aliphatic rings. The maximum absolute atomic E-state index is 11.7. The lowest BCUT2D eigenvalue weighted by atomic mass is 9.94. The molecule has 2 aromatic heterocycles. The first kappa shape index (κ1) is 16.6. The highest BCUT2D eigenvalue weighted by Gasteiger charge is 2.18. The van der Waals surface area contributed by atoms with Crippen LogP contribution in [0.2, 0.25) is 4.34 Å². The average molecular weight is 336 g/mol. The van der Waals surface area contributed by atoms with Crippen molar-refractivity contribution in [3.05, 3.63) is 38.3 Å². The van der Waals surface area contributed by atoms with Crippen LogP contribution in [0.15, 0.2) is 12.1 Å². The zero-order valence-electron chi connectivity index (χ0n) is 13.2. The largest absolute Gasteiger partial charge is 0.354 e. The zero-order valence-corrected chi connectivity index (χ0v) is 14.8. The predicted molar refractivity (Wildman–Crippen MR) is 90.6 cm³/mol. The highest BCUT2D eigenvalue weighted by atomic mass is 35.5. The van der Waals surface area contributed by atoms with Gasteiger partial charge < -0.3 is 5.32 Å². The van der Waals surface area contributed by atoms with Crippen molar-refractivity contribution in [1.29, 1.82) is 0 Å². The fourth-order valence-corrected chi connectivity index (χ4v) is 3.07. The van der Waals surface area contributed by atoms with E-state index in [1.807, 2.05) is 6.07 Å². The maximum Gasteiger partial charge on any atom is 0.269 e. The molecule has 1 amide bonds. The highest BCUT2D eigenvalue weighted by Crippen LogP contribution is 2.35. The van der Waals surface area contributed by atoms with Gasteiger partial charge in [0, 0.05) is 25.0 Å². The molecule has 2 aromatic rings. The first-order valence-corrected chi connectivity index (χ1v) is 7.99. The minimum absolute atomic E-state index is 0.0472. The van der Waals surface area contributed by atoms with Crippen molar-refractivity contribution in [2.45, 2.75) is 26.2 Å². The molecule has 0 aromatic carbocycles. The van der Waals surface area contributed by atoms with Crippen LogP contribution in [0, 0.1) is 11.8 Å². The first-order valence-electron chi connectivity index (χ1n) is 6.80. The molecule has 4 nitrogen and oxygen atoms in total. The third-order valence-electron chi connectivity index (χ3n) is 3.09. The third-order valence-corrected chi connectivity index (χ3v) is 4.88. The second-order valence-corrected chi connectivity index (χ2v) is 7.57. The minimum atomic E-state index is -0.188. The van der Waals surface area contributed by atoms with Gasteiger partial charge in [0.25, 0.3) is 5.91 Å². The maximum atomic E-state index is 11.7. The van der Waals surface area contributed by atoms with E-state index in [1.54, 1.807) is 31.5 Å². The van der Waals surface area contributed by atoms with Crippen LogP contribution in [-0.2, 0) is 12.5 Å². The van der Waals surface area contributed by atoms with Crippen molar-refractivity contribution in [3.8, 4) is 11.8 Å². The summed E-state index contributed by atoms with van der Waals surface area (Å²) in [6.07, 6.45) is 0. The summed E-state index contributed by atoms with van der Waals surface area (Å²) in [7, 11) is 3.30. The van der Waals surface area contributed by atoms with E-state index in [9.17, 15) is 4.79 Å². The van der Waals surface area contributed by atoms with Gasteiger partial charge in [-0.1, -0.05) is 38.3 Å². The van der Waals surface area contributed by atoms with E-state index >= 15 is 0 Å². The summed E-state index contributed by atoms with van der Waals surface area (Å²) in [5.74, 6) is 5.82. The second-order valence-electron chi connectivity index (χ2n) is 5.92. The summed E-state index contributed by atoms with van der Waals surface area (Å²) >= 11 is 7.80. The number of nitrogens with one attached hydrogen (secondary N) is 1. The van der Waals surface area contributed by atoms with E-state index in [-0.39, 0.29) is 11.3 Å².